The predicted octanol–water partition coefficient (Wildman–Crippen LogP) is 4.58. The van der Waals surface area contributed by atoms with Gasteiger partial charge in [0, 0.05) is 40.7 Å². The molecule has 0 atom stereocenters. The first-order valence-electron chi connectivity index (χ1n) is 9.45. The van der Waals surface area contributed by atoms with Crippen molar-refractivity contribution < 1.29 is 27.7 Å². The third-order valence-corrected chi connectivity index (χ3v) is 4.65. The zero-order valence-electron chi connectivity index (χ0n) is 16.8. The standard InChI is InChI=1S/C22H17F3N4O4/c23-22(24,25)17-11-16(28-21(31)13-4-2-1-3-5-13)8-9-18(17)27-12-15-7-6-14(20(26)30)10-19(15)29(32)33/h1-11,27H,12H2,(H2,26,30)(H,28,31). The first kappa shape index (κ1) is 23.3. The van der Waals surface area contributed by atoms with Gasteiger partial charge in [0.2, 0.25) is 5.91 Å². The number of carbonyl (C=O) groups excluding carboxylic acids is 2. The summed E-state index contributed by atoms with van der Waals surface area (Å²) in [6.45, 7) is -0.325. The number of nitro groups is 1. The second-order valence-electron chi connectivity index (χ2n) is 6.90. The molecule has 0 saturated carbocycles. The zero-order valence-corrected chi connectivity index (χ0v) is 16.8. The van der Waals surface area contributed by atoms with Crippen LogP contribution in [0.2, 0.25) is 0 Å². The minimum atomic E-state index is -4.77. The van der Waals surface area contributed by atoms with E-state index in [1.54, 1.807) is 18.2 Å². The van der Waals surface area contributed by atoms with Crippen LogP contribution in [0, 0.1) is 10.1 Å². The fourth-order valence-electron chi connectivity index (χ4n) is 3.03. The van der Waals surface area contributed by atoms with E-state index in [-0.39, 0.29) is 34.6 Å². The van der Waals surface area contributed by atoms with Gasteiger partial charge in [-0.05, 0) is 42.5 Å². The van der Waals surface area contributed by atoms with Crippen molar-refractivity contribution in [1.82, 2.24) is 0 Å². The summed E-state index contributed by atoms with van der Waals surface area (Å²) in [6, 6.07) is 14.6. The van der Waals surface area contributed by atoms with E-state index in [1.165, 1.54) is 30.3 Å². The van der Waals surface area contributed by atoms with Gasteiger partial charge >= 0.3 is 6.18 Å². The normalized spacial score (nSPS) is 11.0. The molecule has 33 heavy (non-hydrogen) atoms. The van der Waals surface area contributed by atoms with E-state index in [0.717, 1.165) is 18.2 Å². The van der Waals surface area contributed by atoms with Crippen LogP contribution in [0.25, 0.3) is 0 Å². The molecule has 4 N–H and O–H groups in total. The molecule has 0 radical (unpaired) electrons. The number of primary amides is 1. The number of nitrogens with one attached hydrogen (secondary N) is 2. The fourth-order valence-corrected chi connectivity index (χ4v) is 3.03. The Labute approximate surface area is 185 Å². The van der Waals surface area contributed by atoms with E-state index in [9.17, 15) is 32.9 Å². The molecule has 0 bridgehead atoms. The Morgan fingerprint density at radius 3 is 2.27 bits per heavy atom. The van der Waals surface area contributed by atoms with Crippen LogP contribution in [0.15, 0.2) is 66.7 Å². The van der Waals surface area contributed by atoms with Gasteiger partial charge < -0.3 is 16.4 Å². The minimum Gasteiger partial charge on any atom is -0.380 e. The third kappa shape index (κ3) is 5.64. The number of benzene rings is 3. The molecule has 0 unspecified atom stereocenters. The molecule has 3 rings (SSSR count). The lowest BCUT2D eigenvalue weighted by molar-refractivity contribution is -0.385. The predicted molar refractivity (Wildman–Crippen MR) is 115 cm³/mol. The van der Waals surface area contributed by atoms with Crippen molar-refractivity contribution in [3.63, 3.8) is 0 Å². The second-order valence-corrected chi connectivity index (χ2v) is 6.90. The molecule has 3 aromatic rings. The van der Waals surface area contributed by atoms with Gasteiger partial charge in [0.1, 0.15) is 0 Å². The quantitative estimate of drug-likeness (QED) is 0.353. The fraction of sp³-hybridized carbons (Fsp3) is 0.0909. The third-order valence-electron chi connectivity index (χ3n) is 4.65. The van der Waals surface area contributed by atoms with Gasteiger partial charge in [0.15, 0.2) is 0 Å². The van der Waals surface area contributed by atoms with Crippen molar-refractivity contribution in [2.75, 3.05) is 10.6 Å². The number of hydrogen-bond donors (Lipinski definition) is 3. The van der Waals surface area contributed by atoms with Gasteiger partial charge in [0.05, 0.1) is 10.5 Å². The summed E-state index contributed by atoms with van der Waals surface area (Å²) in [6.07, 6.45) is -4.77. The van der Waals surface area contributed by atoms with Crippen molar-refractivity contribution in [3.05, 3.63) is 99.1 Å². The van der Waals surface area contributed by atoms with Crippen molar-refractivity contribution in [2.24, 2.45) is 5.73 Å². The van der Waals surface area contributed by atoms with Gasteiger partial charge in [0.25, 0.3) is 11.6 Å². The molecule has 0 aliphatic rings. The van der Waals surface area contributed by atoms with Gasteiger partial charge in [-0.1, -0.05) is 18.2 Å². The molecular weight excluding hydrogens is 441 g/mol. The highest BCUT2D eigenvalue weighted by molar-refractivity contribution is 6.04. The smallest absolute Gasteiger partial charge is 0.380 e. The Morgan fingerprint density at radius 1 is 0.970 bits per heavy atom. The maximum Gasteiger partial charge on any atom is 0.418 e. The van der Waals surface area contributed by atoms with Crippen molar-refractivity contribution >= 4 is 28.9 Å². The molecule has 170 valence electrons. The average molecular weight is 458 g/mol. The second kappa shape index (κ2) is 9.39. The molecule has 8 nitrogen and oxygen atoms in total. The topological polar surface area (TPSA) is 127 Å². The van der Waals surface area contributed by atoms with E-state index in [2.05, 4.69) is 10.6 Å². The Morgan fingerprint density at radius 2 is 1.67 bits per heavy atom. The van der Waals surface area contributed by atoms with Crippen molar-refractivity contribution in [1.29, 1.82) is 0 Å². The Hall–Kier alpha value is -4.41. The monoisotopic (exact) mass is 458 g/mol. The maximum atomic E-state index is 13.7. The van der Waals surface area contributed by atoms with Crippen molar-refractivity contribution in [3.8, 4) is 0 Å². The Bertz CT molecular complexity index is 1210. The number of nitro benzene ring substituents is 1. The molecule has 0 fully saturated rings. The number of rotatable bonds is 7. The molecule has 2 amide bonds. The molecule has 0 saturated heterocycles. The van der Waals surface area contributed by atoms with Crippen LogP contribution in [0.5, 0.6) is 0 Å². The SMILES string of the molecule is NC(=O)c1ccc(CNc2ccc(NC(=O)c3ccccc3)cc2C(F)(F)F)c([N+](=O)[O-])c1. The Balaban J connectivity index is 1.86. The molecule has 0 heterocycles. The van der Waals surface area contributed by atoms with Crippen LogP contribution in [-0.2, 0) is 12.7 Å². The Kier molecular flexibility index (Phi) is 6.61. The summed E-state index contributed by atoms with van der Waals surface area (Å²) in [5.74, 6) is -1.44. The van der Waals surface area contributed by atoms with Gasteiger partial charge in [-0.2, -0.15) is 13.2 Å². The number of nitrogens with zero attached hydrogens (tertiary/aromatic N) is 1. The van der Waals surface area contributed by atoms with E-state index < -0.39 is 34.2 Å². The number of anilines is 2. The number of amides is 2. The lowest BCUT2D eigenvalue weighted by Gasteiger charge is -2.17. The van der Waals surface area contributed by atoms with Crippen LogP contribution >= 0.6 is 0 Å². The van der Waals surface area contributed by atoms with Crippen LogP contribution < -0.4 is 16.4 Å². The van der Waals surface area contributed by atoms with Crippen LogP contribution in [0.3, 0.4) is 0 Å². The molecule has 0 aromatic heterocycles. The number of nitrogens with two attached hydrogens (primary N) is 1. The summed E-state index contributed by atoms with van der Waals surface area (Å²) < 4.78 is 41.0. The summed E-state index contributed by atoms with van der Waals surface area (Å²) >= 11 is 0. The van der Waals surface area contributed by atoms with E-state index in [4.69, 9.17) is 5.73 Å². The zero-order chi connectivity index (χ0) is 24.2. The number of hydrogen-bond acceptors (Lipinski definition) is 5. The lowest BCUT2D eigenvalue weighted by atomic mass is 10.1. The molecule has 3 aromatic carbocycles. The first-order chi connectivity index (χ1) is 15.6. The van der Waals surface area contributed by atoms with Gasteiger partial charge in [-0.15, -0.1) is 0 Å². The summed E-state index contributed by atoms with van der Waals surface area (Å²) in [5.41, 5.74) is 3.42. The molecular formula is C22H17F3N4O4. The summed E-state index contributed by atoms with van der Waals surface area (Å²) in [7, 11) is 0. The van der Waals surface area contributed by atoms with Crippen LogP contribution in [-0.4, -0.2) is 16.7 Å². The number of alkyl halides is 3. The average Bonchev–Trinajstić information content (AvgIpc) is 2.77. The van der Waals surface area contributed by atoms with Gasteiger partial charge in [-0.25, -0.2) is 0 Å². The van der Waals surface area contributed by atoms with Crippen LogP contribution in [0.1, 0.15) is 31.8 Å². The van der Waals surface area contributed by atoms with Crippen LogP contribution in [0.4, 0.5) is 30.2 Å². The highest BCUT2D eigenvalue weighted by Crippen LogP contribution is 2.37. The minimum absolute atomic E-state index is 0.0552. The van der Waals surface area contributed by atoms with Gasteiger partial charge in [-0.3, -0.25) is 19.7 Å². The van der Waals surface area contributed by atoms with E-state index >= 15 is 0 Å². The van der Waals surface area contributed by atoms with Crippen molar-refractivity contribution in [2.45, 2.75) is 12.7 Å². The summed E-state index contributed by atoms with van der Waals surface area (Å²) in [4.78, 5) is 34.0. The first-order valence-corrected chi connectivity index (χ1v) is 9.45. The molecule has 0 aliphatic carbocycles. The lowest BCUT2D eigenvalue weighted by Crippen LogP contribution is -2.15. The number of carbonyl (C=O) groups is 2. The molecule has 0 aliphatic heterocycles. The molecule has 11 heteroatoms. The number of halogens is 3. The largest absolute Gasteiger partial charge is 0.418 e. The highest BCUT2D eigenvalue weighted by atomic mass is 19.4. The highest BCUT2D eigenvalue weighted by Gasteiger charge is 2.34. The van der Waals surface area contributed by atoms with E-state index in [1.807, 2.05) is 0 Å². The summed E-state index contributed by atoms with van der Waals surface area (Å²) in [5, 5.41) is 16.3. The van der Waals surface area contributed by atoms with E-state index in [0.29, 0.717) is 0 Å². The maximum absolute atomic E-state index is 13.7. The molecule has 0 spiro atoms.